The normalized spacial score (nSPS) is 13.9. The molecule has 0 aliphatic carbocycles. The van der Waals surface area contributed by atoms with E-state index in [2.05, 4.69) is 10.3 Å². The lowest BCUT2D eigenvalue weighted by Crippen LogP contribution is -2.29. The van der Waals surface area contributed by atoms with Crippen molar-refractivity contribution in [3.05, 3.63) is 93.7 Å². The molecule has 4 aromatic rings. The lowest BCUT2D eigenvalue weighted by atomic mass is 9.93. The molecule has 0 radical (unpaired) electrons. The zero-order valence-corrected chi connectivity index (χ0v) is 19.3. The number of carboxylic acid groups (broad SMARTS) is 1. The number of hydrogen-bond donors (Lipinski definition) is 2. The number of benzene rings is 3. The maximum absolute atomic E-state index is 12.7. The maximum Gasteiger partial charge on any atom is 0.309 e. The molecule has 0 spiro atoms. The summed E-state index contributed by atoms with van der Waals surface area (Å²) in [6, 6.07) is 19.6. The van der Waals surface area contributed by atoms with Gasteiger partial charge in [0.1, 0.15) is 5.52 Å². The molecule has 0 amide bonds. The monoisotopic (exact) mass is 497 g/mol. The maximum atomic E-state index is 12.7. The largest absolute Gasteiger partial charge is 0.481 e. The van der Waals surface area contributed by atoms with Crippen LogP contribution in [0.5, 0.6) is 0 Å². The van der Waals surface area contributed by atoms with E-state index < -0.39 is 28.8 Å². The fourth-order valence-corrected chi connectivity index (χ4v) is 4.73. The van der Waals surface area contributed by atoms with Gasteiger partial charge in [-0.2, -0.15) is 0 Å². The highest BCUT2D eigenvalue weighted by Crippen LogP contribution is 2.27. The van der Waals surface area contributed by atoms with Gasteiger partial charge in [0, 0.05) is 21.4 Å². The highest BCUT2D eigenvalue weighted by atomic mass is 35.5. The van der Waals surface area contributed by atoms with E-state index >= 15 is 0 Å². The van der Waals surface area contributed by atoms with E-state index in [4.69, 9.17) is 11.6 Å². The van der Waals surface area contributed by atoms with Crippen molar-refractivity contribution in [3.63, 3.8) is 0 Å². The van der Waals surface area contributed by atoms with Crippen LogP contribution in [0, 0.1) is 5.92 Å². The smallest absolute Gasteiger partial charge is 0.309 e. The quantitative estimate of drug-likeness (QED) is 0.382. The molecular formula is C24H20ClN3O5S. The first kappa shape index (κ1) is 23.7. The molecule has 34 heavy (non-hydrogen) atoms. The predicted molar refractivity (Wildman–Crippen MR) is 127 cm³/mol. The molecule has 1 heterocycles. The average molecular weight is 498 g/mol. The number of aliphatic carboxylic acids is 1. The molecule has 1 unspecified atom stereocenters. The first-order chi connectivity index (χ1) is 16.3. The number of carboxylic acids is 1. The van der Waals surface area contributed by atoms with Crippen LogP contribution in [0.15, 0.2) is 87.4 Å². The molecule has 2 N–H and O–H groups in total. The highest BCUT2D eigenvalue weighted by Gasteiger charge is 2.28. The van der Waals surface area contributed by atoms with Gasteiger partial charge < -0.3 is 10.2 Å². The summed E-state index contributed by atoms with van der Waals surface area (Å²) in [7, 11) is -1.45. The Morgan fingerprint density at radius 3 is 2.26 bits per heavy atom. The summed E-state index contributed by atoms with van der Waals surface area (Å²) in [5.74, 6) is -2.39. The Kier molecular flexibility index (Phi) is 7.16. The zero-order chi connectivity index (χ0) is 24.2. The van der Waals surface area contributed by atoms with Crippen LogP contribution in [0.4, 0.5) is 0 Å². The van der Waals surface area contributed by atoms with E-state index in [-0.39, 0.29) is 18.5 Å². The van der Waals surface area contributed by atoms with Crippen LogP contribution in [-0.2, 0) is 22.1 Å². The number of halogens is 1. The molecule has 8 nitrogen and oxygen atoms in total. The molecule has 0 saturated heterocycles. The highest BCUT2D eigenvalue weighted by molar-refractivity contribution is 7.85. The second-order valence-electron chi connectivity index (χ2n) is 7.60. The molecule has 0 aliphatic heterocycles. The zero-order valence-electron chi connectivity index (χ0n) is 17.7. The fourth-order valence-electron chi connectivity index (χ4n) is 3.56. The Labute approximate surface area is 201 Å². The lowest BCUT2D eigenvalue weighted by Gasteiger charge is -2.20. The number of aliphatic hydroxyl groups is 1. The van der Waals surface area contributed by atoms with Crippen LogP contribution in [0.2, 0.25) is 5.02 Å². The van der Waals surface area contributed by atoms with Crippen LogP contribution in [0.1, 0.15) is 18.1 Å². The van der Waals surface area contributed by atoms with Gasteiger partial charge in [0.25, 0.3) is 5.56 Å². The SMILES string of the molecule is O=C(O)[C@@H](CCn1nnc2ccccc2c1=O)[C@H](O)c1ccc(S(=O)c2ccc(Cl)cc2)cc1. The van der Waals surface area contributed by atoms with E-state index in [1.54, 1.807) is 72.8 Å². The van der Waals surface area contributed by atoms with Gasteiger partial charge in [0.15, 0.2) is 0 Å². The first-order valence-corrected chi connectivity index (χ1v) is 11.9. The molecule has 0 bridgehead atoms. The minimum absolute atomic E-state index is 0.0244. The van der Waals surface area contributed by atoms with E-state index in [1.807, 2.05) is 0 Å². The van der Waals surface area contributed by atoms with Crippen molar-refractivity contribution in [3.8, 4) is 0 Å². The number of aryl methyl sites for hydroxylation is 1. The fraction of sp³-hybridized carbons (Fsp3) is 0.167. The third-order valence-corrected chi connectivity index (χ3v) is 7.10. The van der Waals surface area contributed by atoms with Gasteiger partial charge in [-0.3, -0.25) is 9.59 Å². The van der Waals surface area contributed by atoms with Gasteiger partial charge in [0.2, 0.25) is 0 Å². The topological polar surface area (TPSA) is 122 Å². The van der Waals surface area contributed by atoms with Crippen molar-refractivity contribution in [2.75, 3.05) is 0 Å². The molecule has 174 valence electrons. The molecule has 4 rings (SSSR count). The molecule has 10 heteroatoms. The Morgan fingerprint density at radius 2 is 1.62 bits per heavy atom. The predicted octanol–water partition coefficient (Wildman–Crippen LogP) is 3.44. The van der Waals surface area contributed by atoms with Crippen molar-refractivity contribution in [2.45, 2.75) is 28.9 Å². The van der Waals surface area contributed by atoms with Crippen molar-refractivity contribution in [1.82, 2.24) is 15.0 Å². The van der Waals surface area contributed by atoms with Crippen LogP contribution >= 0.6 is 11.6 Å². The Balaban J connectivity index is 1.49. The second kappa shape index (κ2) is 10.3. The molecule has 3 aromatic carbocycles. The van der Waals surface area contributed by atoms with E-state index in [0.717, 1.165) is 4.68 Å². The van der Waals surface area contributed by atoms with Gasteiger partial charge in [-0.15, -0.1) is 5.10 Å². The third kappa shape index (κ3) is 5.06. The summed E-state index contributed by atoms with van der Waals surface area (Å²) in [4.78, 5) is 25.6. The number of hydrogen-bond acceptors (Lipinski definition) is 6. The summed E-state index contributed by atoms with van der Waals surface area (Å²) in [5, 5.41) is 29.2. The summed E-state index contributed by atoms with van der Waals surface area (Å²) in [6.45, 7) is -0.0244. The van der Waals surface area contributed by atoms with Crippen LogP contribution in [-0.4, -0.2) is 35.4 Å². The van der Waals surface area contributed by atoms with Gasteiger partial charge in [-0.05, 0) is 60.5 Å². The molecular weight excluding hydrogens is 478 g/mol. The molecule has 0 aliphatic rings. The van der Waals surface area contributed by atoms with Crippen LogP contribution < -0.4 is 5.56 Å². The minimum Gasteiger partial charge on any atom is -0.481 e. The van der Waals surface area contributed by atoms with E-state index in [1.165, 1.54) is 0 Å². The van der Waals surface area contributed by atoms with Crippen molar-refractivity contribution < 1.29 is 19.2 Å². The van der Waals surface area contributed by atoms with Crippen LogP contribution in [0.3, 0.4) is 0 Å². The Bertz CT molecular complexity index is 1410. The molecule has 0 fully saturated rings. The number of aromatic nitrogens is 3. The first-order valence-electron chi connectivity index (χ1n) is 10.4. The third-order valence-electron chi connectivity index (χ3n) is 5.44. The number of rotatable bonds is 8. The van der Waals surface area contributed by atoms with Gasteiger partial charge in [0.05, 0.1) is 28.2 Å². The van der Waals surface area contributed by atoms with Gasteiger partial charge in [-0.25, -0.2) is 8.89 Å². The standard InChI is InChI=1S/C24H20ClN3O5S/c25-16-7-11-18(12-8-16)34(33)17-9-5-15(6-10-17)22(29)20(24(31)32)13-14-28-23(30)19-3-1-2-4-21(19)26-27-28/h1-12,20,22,29H,13-14H2,(H,31,32)/t20-,22+,34?/m0/s1. The number of nitrogens with zero attached hydrogens (tertiary/aromatic N) is 3. The van der Waals surface area contributed by atoms with Gasteiger partial charge in [-0.1, -0.05) is 41.1 Å². The van der Waals surface area contributed by atoms with Gasteiger partial charge >= 0.3 is 5.97 Å². The summed E-state index contributed by atoms with van der Waals surface area (Å²) in [5.41, 5.74) is 0.439. The van der Waals surface area contributed by atoms with E-state index in [0.29, 0.717) is 31.3 Å². The summed E-state index contributed by atoms with van der Waals surface area (Å²) < 4.78 is 13.8. The summed E-state index contributed by atoms with van der Waals surface area (Å²) >= 11 is 5.87. The van der Waals surface area contributed by atoms with Crippen molar-refractivity contribution >= 4 is 39.3 Å². The van der Waals surface area contributed by atoms with E-state index in [9.17, 15) is 24.0 Å². The molecule has 0 saturated carbocycles. The second-order valence-corrected chi connectivity index (χ2v) is 9.52. The Hall–Kier alpha value is -3.40. The lowest BCUT2D eigenvalue weighted by molar-refractivity contribution is -0.146. The Morgan fingerprint density at radius 1 is 1.00 bits per heavy atom. The number of fused-ring (bicyclic) bond motifs is 1. The molecule has 3 atom stereocenters. The van der Waals surface area contributed by atoms with Crippen LogP contribution in [0.25, 0.3) is 10.9 Å². The minimum atomic E-state index is -1.45. The summed E-state index contributed by atoms with van der Waals surface area (Å²) in [6.07, 6.45) is -1.37. The average Bonchev–Trinajstić information content (AvgIpc) is 2.85. The number of carbonyl (C=O) groups is 1. The van der Waals surface area contributed by atoms with Crippen molar-refractivity contribution in [2.24, 2.45) is 5.92 Å². The number of aliphatic hydroxyl groups excluding tert-OH is 1. The molecule has 1 aromatic heterocycles. The van der Waals surface area contributed by atoms with Crippen molar-refractivity contribution in [1.29, 1.82) is 0 Å².